The second-order valence-electron chi connectivity index (χ2n) is 17.3. The average molecular weight is 996 g/mol. The summed E-state index contributed by atoms with van der Waals surface area (Å²) in [5, 5.41) is 15.2. The number of amides is 4. The minimum Gasteiger partial charge on any atom is -0.495 e. The van der Waals surface area contributed by atoms with Crippen LogP contribution in [0.15, 0.2) is 125 Å². The lowest BCUT2D eigenvalue weighted by atomic mass is 9.97. The van der Waals surface area contributed by atoms with Crippen molar-refractivity contribution in [2.45, 2.75) is 73.3 Å². The first kappa shape index (κ1) is 48.5. The van der Waals surface area contributed by atoms with Gasteiger partial charge in [-0.1, -0.05) is 77.8 Å². The van der Waals surface area contributed by atoms with Crippen LogP contribution in [0.4, 0.5) is 21.0 Å². The van der Waals surface area contributed by atoms with E-state index in [0.717, 1.165) is 60.4 Å². The Bertz CT molecular complexity index is 3130. The molecule has 0 spiro atoms. The van der Waals surface area contributed by atoms with Gasteiger partial charge in [-0.3, -0.25) is 4.90 Å². The summed E-state index contributed by atoms with van der Waals surface area (Å²) in [4.78, 5) is 28.9. The number of nitrogens with one attached hydrogen (secondary N) is 5. The van der Waals surface area contributed by atoms with Gasteiger partial charge in [0.15, 0.2) is 19.7 Å². The summed E-state index contributed by atoms with van der Waals surface area (Å²) in [6, 6.07) is 31.0. The molecule has 0 aromatic heterocycles. The van der Waals surface area contributed by atoms with Gasteiger partial charge >= 0.3 is 12.1 Å². The maximum absolute atomic E-state index is 13.5. The molecule has 0 aliphatic carbocycles. The number of anilines is 2. The van der Waals surface area contributed by atoms with Gasteiger partial charge in [0.05, 0.1) is 56.2 Å². The highest BCUT2D eigenvalue weighted by atomic mass is 35.5. The largest absolute Gasteiger partial charge is 0.495 e. The SMILES string of the molecule is COc1cc(S(=O)(=O)Cc2ccc3c(c2)CCNC3)ccc1NC(=O)NC(C)c1cc(-c2cccc(C(C)NC(=O)Nc3ccc(S(=O)(=O)Cc4ccc5c(c4)CN(C)C5)cc3)c2)cc(Cl)c1Cl. The molecule has 0 fully saturated rings. The molecule has 8 rings (SSSR count). The number of hydrogen-bond donors (Lipinski definition) is 5. The summed E-state index contributed by atoms with van der Waals surface area (Å²) in [6.45, 7) is 6.85. The van der Waals surface area contributed by atoms with Crippen molar-refractivity contribution in [1.82, 2.24) is 20.9 Å². The highest BCUT2D eigenvalue weighted by molar-refractivity contribution is 7.91. The smallest absolute Gasteiger partial charge is 0.319 e. The molecule has 2 heterocycles. The Balaban J connectivity index is 0.877. The Morgan fingerprint density at radius 1 is 0.691 bits per heavy atom. The molecule has 0 saturated carbocycles. The average Bonchev–Trinajstić information content (AvgIpc) is 3.68. The molecule has 2 unspecified atom stereocenters. The monoisotopic (exact) mass is 994 g/mol. The predicted molar refractivity (Wildman–Crippen MR) is 268 cm³/mol. The standard InChI is InChI=1S/C51H52Cl2N6O7S2/c1-31(55-50(60)57-42-12-14-43(15-13-42)67(62,63)29-34-9-11-39-27-59(3)28-41(39)21-34)35-6-5-7-36(22-35)40-23-45(49(53)46(52)24-40)32(2)56-51(61)58-47-17-16-44(25-48(47)66-4)68(64,65)30-33-8-10-38-26-54-19-18-37(38)20-33/h5-17,20-25,31-32,54H,18-19,26-30H2,1-4H3,(H2,55,57,60)(H2,56,58,61). The van der Waals surface area contributed by atoms with E-state index in [9.17, 15) is 26.4 Å². The maximum atomic E-state index is 13.5. The molecule has 0 radical (unpaired) electrons. The van der Waals surface area contributed by atoms with E-state index in [1.807, 2.05) is 80.7 Å². The van der Waals surface area contributed by atoms with Gasteiger partial charge in [0, 0.05) is 31.4 Å². The summed E-state index contributed by atoms with van der Waals surface area (Å²) in [5.74, 6) is -0.122. The van der Waals surface area contributed by atoms with E-state index >= 15 is 0 Å². The van der Waals surface area contributed by atoms with Crippen LogP contribution in [0, 0.1) is 0 Å². The molecule has 2 aliphatic rings. The van der Waals surface area contributed by atoms with Crippen LogP contribution in [0.5, 0.6) is 5.75 Å². The Kier molecular flexibility index (Phi) is 14.5. The fraction of sp³-hybridized carbons (Fsp3) is 0.255. The lowest BCUT2D eigenvalue weighted by Gasteiger charge is -2.20. The second kappa shape index (κ2) is 20.3. The molecule has 0 bridgehead atoms. The Morgan fingerprint density at radius 2 is 1.34 bits per heavy atom. The van der Waals surface area contributed by atoms with E-state index in [2.05, 4.69) is 31.5 Å². The van der Waals surface area contributed by atoms with E-state index in [-0.39, 0.29) is 42.8 Å². The number of benzene rings is 6. The minimum absolute atomic E-state index is 0.0663. The van der Waals surface area contributed by atoms with Crippen LogP contribution in [0.3, 0.4) is 0 Å². The van der Waals surface area contributed by atoms with Crippen molar-refractivity contribution in [1.29, 1.82) is 0 Å². The van der Waals surface area contributed by atoms with Crippen LogP contribution in [0.1, 0.15) is 70.4 Å². The van der Waals surface area contributed by atoms with Crippen LogP contribution in [0.2, 0.25) is 10.0 Å². The summed E-state index contributed by atoms with van der Waals surface area (Å²) in [5.41, 5.74) is 9.64. The Hall–Kier alpha value is -5.94. The molecule has 354 valence electrons. The number of fused-ring (bicyclic) bond motifs is 2. The summed E-state index contributed by atoms with van der Waals surface area (Å²) in [7, 11) is -3.92. The van der Waals surface area contributed by atoms with Crippen molar-refractivity contribution in [2.24, 2.45) is 0 Å². The number of sulfone groups is 2. The number of carbonyl (C=O) groups is 2. The van der Waals surface area contributed by atoms with Crippen LogP contribution in [0.25, 0.3) is 11.1 Å². The van der Waals surface area contributed by atoms with Gasteiger partial charge in [0.1, 0.15) is 5.75 Å². The number of hydrogen-bond acceptors (Lipinski definition) is 9. The highest BCUT2D eigenvalue weighted by Crippen LogP contribution is 2.37. The molecule has 4 amide bonds. The van der Waals surface area contributed by atoms with Crippen LogP contribution >= 0.6 is 23.2 Å². The first-order valence-corrected chi connectivity index (χ1v) is 26.1. The number of carbonyl (C=O) groups excluding carboxylic acids is 2. The quantitative estimate of drug-likeness (QED) is 0.0712. The molecule has 13 nitrogen and oxygen atoms in total. The molecule has 68 heavy (non-hydrogen) atoms. The van der Waals surface area contributed by atoms with Gasteiger partial charge in [0.2, 0.25) is 0 Å². The van der Waals surface area contributed by atoms with Crippen LogP contribution in [-0.2, 0) is 57.2 Å². The van der Waals surface area contributed by atoms with Gasteiger partial charge in [-0.15, -0.1) is 0 Å². The first-order valence-electron chi connectivity index (χ1n) is 22.0. The lowest BCUT2D eigenvalue weighted by molar-refractivity contribution is 0.248. The molecule has 6 aromatic rings. The molecule has 5 N–H and O–H groups in total. The third-order valence-electron chi connectivity index (χ3n) is 12.2. The van der Waals surface area contributed by atoms with Gasteiger partial charge in [-0.25, -0.2) is 26.4 Å². The third kappa shape index (κ3) is 11.3. The van der Waals surface area contributed by atoms with Crippen LogP contribution < -0.4 is 31.3 Å². The number of urea groups is 2. The first-order chi connectivity index (χ1) is 32.4. The number of rotatable bonds is 14. The third-order valence-corrected chi connectivity index (χ3v) is 16.4. The lowest BCUT2D eigenvalue weighted by Crippen LogP contribution is -2.31. The molecular formula is C51H52Cl2N6O7S2. The van der Waals surface area contributed by atoms with Gasteiger partial charge in [0.25, 0.3) is 0 Å². The van der Waals surface area contributed by atoms with Crippen molar-refractivity contribution in [3.05, 3.63) is 170 Å². The van der Waals surface area contributed by atoms with Gasteiger partial charge in [-0.05, 0) is 144 Å². The second-order valence-corrected chi connectivity index (χ2v) is 22.1. The maximum Gasteiger partial charge on any atom is 0.319 e. The highest BCUT2D eigenvalue weighted by Gasteiger charge is 2.23. The Labute approximate surface area is 407 Å². The molecule has 0 saturated heterocycles. The zero-order valence-electron chi connectivity index (χ0n) is 38.0. The topological polar surface area (TPSA) is 175 Å². The molecule has 2 atom stereocenters. The fourth-order valence-corrected chi connectivity index (χ4v) is 11.8. The minimum atomic E-state index is -3.74. The van der Waals surface area contributed by atoms with Crippen molar-refractivity contribution in [2.75, 3.05) is 31.3 Å². The van der Waals surface area contributed by atoms with Crippen molar-refractivity contribution in [3.63, 3.8) is 0 Å². The fourth-order valence-electron chi connectivity index (χ4n) is 8.61. The molecule has 2 aliphatic heterocycles. The predicted octanol–water partition coefficient (Wildman–Crippen LogP) is 9.97. The van der Waals surface area contributed by atoms with E-state index in [1.54, 1.807) is 25.1 Å². The van der Waals surface area contributed by atoms with E-state index < -0.39 is 43.8 Å². The number of nitrogens with zero attached hydrogens (tertiary/aromatic N) is 1. The number of ether oxygens (including phenoxy) is 1. The molecule has 6 aromatic carbocycles. The number of methoxy groups -OCH3 is 1. The van der Waals surface area contributed by atoms with Gasteiger partial charge < -0.3 is 31.3 Å². The van der Waals surface area contributed by atoms with Crippen molar-refractivity contribution in [3.8, 4) is 16.9 Å². The number of halogens is 2. The van der Waals surface area contributed by atoms with E-state index in [1.165, 1.54) is 48.6 Å². The molecular weight excluding hydrogens is 944 g/mol. The Morgan fingerprint density at radius 3 is 2.07 bits per heavy atom. The summed E-state index contributed by atoms with van der Waals surface area (Å²) >= 11 is 13.4. The summed E-state index contributed by atoms with van der Waals surface area (Å²) in [6.07, 6.45) is 0.840. The normalized spacial score (nSPS) is 14.6. The van der Waals surface area contributed by atoms with Gasteiger partial charge in [-0.2, -0.15) is 0 Å². The zero-order chi connectivity index (χ0) is 48.3. The van der Waals surface area contributed by atoms with Crippen LogP contribution in [-0.4, -0.2) is 54.5 Å². The summed E-state index contributed by atoms with van der Waals surface area (Å²) < 4.78 is 59.0. The van der Waals surface area contributed by atoms with Crippen molar-refractivity contribution >= 4 is 66.3 Å². The zero-order valence-corrected chi connectivity index (χ0v) is 41.1. The van der Waals surface area contributed by atoms with E-state index in [4.69, 9.17) is 27.9 Å². The van der Waals surface area contributed by atoms with Crippen molar-refractivity contribution < 1.29 is 31.2 Å². The van der Waals surface area contributed by atoms with E-state index in [0.29, 0.717) is 22.4 Å². The molecule has 17 heteroatoms.